The monoisotopic (exact) mass is 515 g/mol. The summed E-state index contributed by atoms with van der Waals surface area (Å²) in [4.78, 5) is 44.3. The molecule has 4 aliphatic rings. The van der Waals surface area contributed by atoms with Crippen molar-refractivity contribution in [1.29, 1.82) is 0 Å². The number of pyridine rings is 1. The molecule has 2 aromatic rings. The van der Waals surface area contributed by atoms with E-state index in [4.69, 9.17) is 16.3 Å². The maximum Gasteiger partial charge on any atom is 0.296 e. The van der Waals surface area contributed by atoms with Crippen LogP contribution in [0.5, 0.6) is 5.75 Å². The first-order valence-corrected chi connectivity index (χ1v) is 12.7. The zero-order valence-corrected chi connectivity index (χ0v) is 20.8. The van der Waals surface area contributed by atoms with Crippen molar-refractivity contribution in [3.63, 3.8) is 0 Å². The van der Waals surface area contributed by atoms with Crippen LogP contribution in [0.25, 0.3) is 0 Å². The highest BCUT2D eigenvalue weighted by atomic mass is 35.5. The second-order valence-electron chi connectivity index (χ2n) is 10.4. The molecule has 3 unspecified atom stereocenters. The summed E-state index contributed by atoms with van der Waals surface area (Å²) in [6.45, 7) is 2.62. The molecule has 1 spiro atoms. The molecule has 0 saturated heterocycles. The molecule has 8 nitrogen and oxygen atoms in total. The molecular formula is C26H27ClFN3O5. The average Bonchev–Trinajstić information content (AvgIpc) is 3.50. The molecule has 1 aromatic carbocycles. The van der Waals surface area contributed by atoms with Gasteiger partial charge in [0.2, 0.25) is 0 Å². The lowest BCUT2D eigenvalue weighted by atomic mass is 9.95. The fraction of sp³-hybridized carbons (Fsp3) is 0.500. The Hall–Kier alpha value is -2.91. The van der Waals surface area contributed by atoms with Crippen molar-refractivity contribution in [2.75, 3.05) is 20.2 Å². The van der Waals surface area contributed by atoms with Gasteiger partial charge >= 0.3 is 0 Å². The largest absolute Gasteiger partial charge is 0.502 e. The number of carbonyl (C=O) groups excluding carboxylic acids is 2. The summed E-state index contributed by atoms with van der Waals surface area (Å²) in [5, 5.41) is 11.0. The molecule has 6 rings (SSSR count). The highest BCUT2D eigenvalue weighted by Gasteiger charge is 2.67. The predicted octanol–water partition coefficient (Wildman–Crippen LogP) is 3.12. The van der Waals surface area contributed by atoms with Gasteiger partial charge in [-0.25, -0.2) is 4.39 Å². The Bertz CT molecular complexity index is 1380. The molecule has 0 radical (unpaired) electrons. The fourth-order valence-corrected chi connectivity index (χ4v) is 6.82. The Balaban J connectivity index is 1.44. The van der Waals surface area contributed by atoms with Crippen LogP contribution in [0, 0.1) is 17.7 Å². The first-order valence-electron chi connectivity index (χ1n) is 12.3. The van der Waals surface area contributed by atoms with E-state index < -0.39 is 28.7 Å². The number of halogens is 2. The first-order chi connectivity index (χ1) is 17.2. The molecule has 2 aliphatic carbocycles. The predicted molar refractivity (Wildman–Crippen MR) is 129 cm³/mol. The van der Waals surface area contributed by atoms with E-state index in [0.717, 1.165) is 12.8 Å². The third-order valence-corrected chi connectivity index (χ3v) is 8.78. The van der Waals surface area contributed by atoms with Crippen LogP contribution in [0.2, 0.25) is 5.02 Å². The molecule has 36 heavy (non-hydrogen) atoms. The number of benzene rings is 1. The lowest BCUT2D eigenvalue weighted by molar-refractivity contribution is -0.00494. The Labute approximate surface area is 212 Å². The third kappa shape index (κ3) is 3.11. The maximum atomic E-state index is 13.9. The number of amides is 2. The van der Waals surface area contributed by atoms with Crippen molar-refractivity contribution < 1.29 is 23.8 Å². The van der Waals surface area contributed by atoms with E-state index in [1.165, 1.54) is 27.7 Å². The number of carbonyl (C=O) groups is 2. The molecule has 10 heteroatoms. The van der Waals surface area contributed by atoms with Gasteiger partial charge in [-0.05, 0) is 56.2 Å². The zero-order valence-electron chi connectivity index (χ0n) is 20.1. The number of hydrogen-bond donors (Lipinski definition) is 1. The van der Waals surface area contributed by atoms with E-state index in [-0.39, 0.29) is 47.3 Å². The van der Waals surface area contributed by atoms with Crippen molar-refractivity contribution in [3.8, 4) is 5.75 Å². The molecule has 2 amide bonds. The maximum absolute atomic E-state index is 13.9. The van der Waals surface area contributed by atoms with E-state index >= 15 is 0 Å². The van der Waals surface area contributed by atoms with Crippen LogP contribution < -0.4 is 5.56 Å². The van der Waals surface area contributed by atoms with Crippen LogP contribution in [-0.4, -0.2) is 57.6 Å². The highest BCUT2D eigenvalue weighted by molar-refractivity contribution is 6.30. The van der Waals surface area contributed by atoms with E-state index in [1.807, 2.05) is 6.92 Å². The third-order valence-electron chi connectivity index (χ3n) is 8.49. The second kappa shape index (κ2) is 8.05. The lowest BCUT2D eigenvalue weighted by Crippen LogP contribution is -2.52. The SMILES string of the molecule is CO[C@@H](C)CN1C(=O)c2c3c(c(O)c(=O)n2C12CCC1CC12)C(=O)N(Cc1ccc(F)c(Cl)c1)CC3. The van der Waals surface area contributed by atoms with E-state index in [2.05, 4.69) is 0 Å². The summed E-state index contributed by atoms with van der Waals surface area (Å²) in [6.07, 6.45) is 2.55. The molecule has 4 atom stereocenters. The Morgan fingerprint density at radius 2 is 2.06 bits per heavy atom. The van der Waals surface area contributed by atoms with Gasteiger partial charge in [0.1, 0.15) is 17.2 Å². The van der Waals surface area contributed by atoms with E-state index in [9.17, 15) is 23.9 Å². The number of methoxy groups -OCH3 is 1. The van der Waals surface area contributed by atoms with Gasteiger partial charge in [0.15, 0.2) is 5.75 Å². The van der Waals surface area contributed by atoms with Gasteiger partial charge in [0.25, 0.3) is 17.4 Å². The van der Waals surface area contributed by atoms with Gasteiger partial charge in [-0.2, -0.15) is 0 Å². The second-order valence-corrected chi connectivity index (χ2v) is 10.8. The minimum atomic E-state index is -0.821. The number of rotatable bonds is 5. The van der Waals surface area contributed by atoms with Crippen LogP contribution in [0.1, 0.15) is 58.2 Å². The normalized spacial score (nSPS) is 26.9. The zero-order chi connectivity index (χ0) is 25.5. The van der Waals surface area contributed by atoms with Crippen LogP contribution >= 0.6 is 11.6 Å². The lowest BCUT2D eigenvalue weighted by Gasteiger charge is -2.39. The number of aromatic nitrogens is 1. The van der Waals surface area contributed by atoms with Gasteiger partial charge in [0.05, 0.1) is 16.7 Å². The number of nitrogens with zero attached hydrogens (tertiary/aromatic N) is 3. The minimum absolute atomic E-state index is 0.0486. The van der Waals surface area contributed by atoms with Crippen LogP contribution in [0.15, 0.2) is 23.0 Å². The smallest absolute Gasteiger partial charge is 0.296 e. The van der Waals surface area contributed by atoms with Gasteiger partial charge in [0, 0.05) is 38.2 Å². The summed E-state index contributed by atoms with van der Waals surface area (Å²) < 4.78 is 20.5. The minimum Gasteiger partial charge on any atom is -0.502 e. The Morgan fingerprint density at radius 1 is 1.28 bits per heavy atom. The van der Waals surface area contributed by atoms with Gasteiger partial charge in [-0.15, -0.1) is 0 Å². The van der Waals surface area contributed by atoms with Gasteiger partial charge in [-0.3, -0.25) is 19.0 Å². The Morgan fingerprint density at radius 3 is 2.69 bits per heavy atom. The van der Waals surface area contributed by atoms with Crippen molar-refractivity contribution in [3.05, 3.63) is 61.8 Å². The van der Waals surface area contributed by atoms with Crippen LogP contribution in [0.3, 0.4) is 0 Å². The average molecular weight is 516 g/mol. The molecule has 3 heterocycles. The van der Waals surface area contributed by atoms with Crippen molar-refractivity contribution in [1.82, 2.24) is 14.4 Å². The quantitative estimate of drug-likeness (QED) is 0.660. The first kappa shape index (κ1) is 23.5. The van der Waals surface area contributed by atoms with Crippen molar-refractivity contribution in [2.45, 2.75) is 50.9 Å². The molecule has 190 valence electrons. The molecule has 1 N–H and O–H groups in total. The number of fused-ring (bicyclic) bond motifs is 6. The molecule has 2 aliphatic heterocycles. The summed E-state index contributed by atoms with van der Waals surface area (Å²) in [5.74, 6) is -1.38. The van der Waals surface area contributed by atoms with Crippen LogP contribution in [-0.2, 0) is 23.4 Å². The Kier molecular flexibility index (Phi) is 5.25. The number of aromatic hydroxyl groups is 1. The number of ether oxygens (including phenoxy) is 1. The molecule has 2 saturated carbocycles. The summed E-state index contributed by atoms with van der Waals surface area (Å²) in [5.41, 5.74) is -0.360. The van der Waals surface area contributed by atoms with Gasteiger partial charge < -0.3 is 19.6 Å². The topological polar surface area (TPSA) is 92.1 Å². The molecule has 2 fully saturated rings. The van der Waals surface area contributed by atoms with Crippen molar-refractivity contribution >= 4 is 23.4 Å². The summed E-state index contributed by atoms with van der Waals surface area (Å²) in [7, 11) is 1.58. The van der Waals surface area contributed by atoms with E-state index in [1.54, 1.807) is 12.0 Å². The van der Waals surface area contributed by atoms with E-state index in [0.29, 0.717) is 36.4 Å². The molecular weight excluding hydrogens is 489 g/mol. The molecule has 1 aromatic heterocycles. The van der Waals surface area contributed by atoms with Crippen molar-refractivity contribution in [2.24, 2.45) is 11.8 Å². The number of hydrogen-bond acceptors (Lipinski definition) is 5. The van der Waals surface area contributed by atoms with Gasteiger partial charge in [-0.1, -0.05) is 17.7 Å². The van der Waals surface area contributed by atoms with Crippen LogP contribution in [0.4, 0.5) is 4.39 Å². The molecule has 0 bridgehead atoms. The fourth-order valence-electron chi connectivity index (χ4n) is 6.62. The summed E-state index contributed by atoms with van der Waals surface area (Å²) >= 11 is 5.90. The highest BCUT2D eigenvalue weighted by Crippen LogP contribution is 2.64. The summed E-state index contributed by atoms with van der Waals surface area (Å²) in [6, 6.07) is 4.22. The standard InChI is InChI=1S/C26H27ClFN3O5/c1-13(36-2)11-30-24(34)21-16-6-8-29(12-14-3-4-19(28)18(27)9-14)23(33)20(16)22(32)25(35)31(21)26(30)7-5-15-10-17(15)26/h3-4,9,13,15,17,32H,5-8,10-12H2,1-2H3/t13-,15?,17?,26?/m0/s1.